The molecule has 0 radical (unpaired) electrons. The molecule has 1 aromatic rings. The second kappa shape index (κ2) is 5.56. The third kappa shape index (κ3) is 2.98. The van der Waals surface area contributed by atoms with Gasteiger partial charge in [0, 0.05) is 17.1 Å². The molecule has 0 aliphatic carbocycles. The van der Waals surface area contributed by atoms with E-state index in [0.717, 1.165) is 0 Å². The van der Waals surface area contributed by atoms with E-state index in [-0.39, 0.29) is 0 Å². The number of methoxy groups -OCH3 is 1. The number of likely N-dealkylation sites (N-methyl/N-ethyl adjacent to an activating group) is 1. The Morgan fingerprint density at radius 3 is 2.67 bits per heavy atom. The van der Waals surface area contributed by atoms with Crippen molar-refractivity contribution in [2.75, 3.05) is 20.7 Å². The SMILES string of the molecule is CNCC(O)c1cc(Cl)cc(Cl)c1OC. The molecule has 0 aliphatic heterocycles. The van der Waals surface area contributed by atoms with Crippen LogP contribution in [0.25, 0.3) is 0 Å². The zero-order valence-corrected chi connectivity index (χ0v) is 10.1. The first-order chi connectivity index (χ1) is 7.10. The van der Waals surface area contributed by atoms with E-state index < -0.39 is 6.10 Å². The van der Waals surface area contributed by atoms with Gasteiger partial charge in [-0.2, -0.15) is 0 Å². The van der Waals surface area contributed by atoms with Crippen molar-refractivity contribution in [3.05, 3.63) is 27.7 Å². The first kappa shape index (κ1) is 12.6. The molecule has 5 heteroatoms. The smallest absolute Gasteiger partial charge is 0.143 e. The van der Waals surface area contributed by atoms with Gasteiger partial charge in [-0.15, -0.1) is 0 Å². The summed E-state index contributed by atoms with van der Waals surface area (Å²) in [6.45, 7) is 0.410. The van der Waals surface area contributed by atoms with Crippen molar-refractivity contribution in [1.82, 2.24) is 5.32 Å². The maximum atomic E-state index is 9.82. The first-order valence-electron chi connectivity index (χ1n) is 4.45. The molecule has 3 nitrogen and oxygen atoms in total. The third-order valence-corrected chi connectivity index (χ3v) is 2.50. The summed E-state index contributed by atoms with van der Waals surface area (Å²) < 4.78 is 5.12. The van der Waals surface area contributed by atoms with Crippen molar-refractivity contribution in [1.29, 1.82) is 0 Å². The summed E-state index contributed by atoms with van der Waals surface area (Å²) in [5, 5.41) is 13.6. The summed E-state index contributed by atoms with van der Waals surface area (Å²) in [5.41, 5.74) is 0.587. The van der Waals surface area contributed by atoms with Gasteiger partial charge in [0.15, 0.2) is 0 Å². The first-order valence-corrected chi connectivity index (χ1v) is 5.21. The molecule has 0 aromatic heterocycles. The Hall–Kier alpha value is -0.480. The van der Waals surface area contributed by atoms with E-state index >= 15 is 0 Å². The third-order valence-electron chi connectivity index (χ3n) is 2.00. The van der Waals surface area contributed by atoms with Crippen LogP contribution < -0.4 is 10.1 Å². The van der Waals surface area contributed by atoms with Gasteiger partial charge in [0.05, 0.1) is 18.2 Å². The van der Waals surface area contributed by atoms with Crippen LogP contribution in [0.4, 0.5) is 0 Å². The fourth-order valence-electron chi connectivity index (χ4n) is 1.35. The number of hydrogen-bond acceptors (Lipinski definition) is 3. The summed E-state index contributed by atoms with van der Waals surface area (Å²) >= 11 is 11.8. The molecular formula is C10H13Cl2NO2. The highest BCUT2D eigenvalue weighted by Gasteiger charge is 2.16. The summed E-state index contributed by atoms with van der Waals surface area (Å²) in [5.74, 6) is 0.462. The molecular weight excluding hydrogens is 237 g/mol. The van der Waals surface area contributed by atoms with E-state index in [1.165, 1.54) is 7.11 Å². The second-order valence-electron chi connectivity index (χ2n) is 3.08. The van der Waals surface area contributed by atoms with Crippen LogP contribution in [0.2, 0.25) is 10.0 Å². The van der Waals surface area contributed by atoms with Gasteiger partial charge in [0.1, 0.15) is 5.75 Å². The quantitative estimate of drug-likeness (QED) is 0.861. The minimum absolute atomic E-state index is 0.398. The highest BCUT2D eigenvalue weighted by atomic mass is 35.5. The van der Waals surface area contributed by atoms with E-state index in [2.05, 4.69) is 5.32 Å². The zero-order valence-electron chi connectivity index (χ0n) is 8.55. The van der Waals surface area contributed by atoms with Crippen LogP contribution in [0.1, 0.15) is 11.7 Å². The van der Waals surface area contributed by atoms with Crippen LogP contribution in [0.3, 0.4) is 0 Å². The minimum Gasteiger partial charge on any atom is -0.495 e. The Balaban J connectivity index is 3.13. The Morgan fingerprint density at radius 1 is 1.47 bits per heavy atom. The number of rotatable bonds is 4. The summed E-state index contributed by atoms with van der Waals surface area (Å²) in [4.78, 5) is 0. The lowest BCUT2D eigenvalue weighted by Crippen LogP contribution is -2.17. The number of benzene rings is 1. The molecule has 84 valence electrons. The maximum absolute atomic E-state index is 9.82. The molecule has 1 unspecified atom stereocenters. The molecule has 0 saturated heterocycles. The molecule has 0 bridgehead atoms. The lowest BCUT2D eigenvalue weighted by molar-refractivity contribution is 0.173. The fraction of sp³-hybridized carbons (Fsp3) is 0.400. The van der Waals surface area contributed by atoms with Crippen molar-refractivity contribution in [2.24, 2.45) is 0 Å². The number of halogens is 2. The van der Waals surface area contributed by atoms with Crippen LogP contribution in [0.5, 0.6) is 5.75 Å². The summed E-state index contributed by atoms with van der Waals surface area (Å²) in [6.07, 6.45) is -0.693. The lowest BCUT2D eigenvalue weighted by atomic mass is 10.1. The van der Waals surface area contributed by atoms with Gasteiger partial charge in [-0.3, -0.25) is 0 Å². The Labute approximate surface area is 99.0 Å². The topological polar surface area (TPSA) is 41.5 Å². The van der Waals surface area contributed by atoms with Crippen LogP contribution in [0.15, 0.2) is 12.1 Å². The predicted molar refractivity (Wildman–Crippen MR) is 61.9 cm³/mol. The molecule has 1 atom stereocenters. The predicted octanol–water partition coefficient (Wildman–Crippen LogP) is 2.25. The molecule has 0 fully saturated rings. The van der Waals surface area contributed by atoms with Gasteiger partial charge >= 0.3 is 0 Å². The Kier molecular flexibility index (Phi) is 4.67. The van der Waals surface area contributed by atoms with Crippen LogP contribution >= 0.6 is 23.2 Å². The largest absolute Gasteiger partial charge is 0.495 e. The average molecular weight is 250 g/mol. The molecule has 0 saturated carbocycles. The number of ether oxygens (including phenoxy) is 1. The zero-order chi connectivity index (χ0) is 11.4. The molecule has 1 aromatic carbocycles. The van der Waals surface area contributed by atoms with E-state index in [0.29, 0.717) is 27.9 Å². The van der Waals surface area contributed by atoms with Crippen molar-refractivity contribution in [3.8, 4) is 5.75 Å². The van der Waals surface area contributed by atoms with Crippen molar-refractivity contribution < 1.29 is 9.84 Å². The Bertz CT molecular complexity index is 344. The standard InChI is InChI=1S/C10H13Cl2NO2/c1-13-5-9(14)7-3-6(11)4-8(12)10(7)15-2/h3-4,9,13-14H,5H2,1-2H3. The van der Waals surface area contributed by atoms with E-state index in [4.69, 9.17) is 27.9 Å². The minimum atomic E-state index is -0.693. The number of nitrogens with one attached hydrogen (secondary N) is 1. The summed E-state index contributed by atoms with van der Waals surface area (Å²) in [7, 11) is 3.26. The van der Waals surface area contributed by atoms with E-state index in [1.54, 1.807) is 19.2 Å². The van der Waals surface area contributed by atoms with Crippen LogP contribution in [0, 0.1) is 0 Å². The second-order valence-corrected chi connectivity index (χ2v) is 3.93. The van der Waals surface area contributed by atoms with Crippen molar-refractivity contribution in [2.45, 2.75) is 6.10 Å². The van der Waals surface area contributed by atoms with Crippen LogP contribution in [-0.4, -0.2) is 25.8 Å². The van der Waals surface area contributed by atoms with Gasteiger partial charge in [0.25, 0.3) is 0 Å². The fourth-order valence-corrected chi connectivity index (χ4v) is 1.93. The Morgan fingerprint density at radius 2 is 2.13 bits per heavy atom. The monoisotopic (exact) mass is 249 g/mol. The van der Waals surface area contributed by atoms with Gasteiger partial charge in [-0.1, -0.05) is 23.2 Å². The number of hydrogen-bond donors (Lipinski definition) is 2. The average Bonchev–Trinajstić information content (AvgIpc) is 2.17. The van der Waals surface area contributed by atoms with Crippen molar-refractivity contribution in [3.63, 3.8) is 0 Å². The molecule has 0 aliphatic rings. The van der Waals surface area contributed by atoms with Gasteiger partial charge < -0.3 is 15.2 Å². The highest BCUT2D eigenvalue weighted by molar-refractivity contribution is 6.35. The number of aliphatic hydroxyl groups excluding tert-OH is 1. The van der Waals surface area contributed by atoms with Gasteiger partial charge in [-0.25, -0.2) is 0 Å². The normalized spacial score (nSPS) is 12.6. The maximum Gasteiger partial charge on any atom is 0.143 e. The summed E-state index contributed by atoms with van der Waals surface area (Å²) in [6, 6.07) is 3.23. The molecule has 1 rings (SSSR count). The number of aliphatic hydroxyl groups is 1. The van der Waals surface area contributed by atoms with Crippen LogP contribution in [-0.2, 0) is 0 Å². The van der Waals surface area contributed by atoms with Gasteiger partial charge in [0.2, 0.25) is 0 Å². The molecule has 2 N–H and O–H groups in total. The molecule has 0 spiro atoms. The highest BCUT2D eigenvalue weighted by Crippen LogP contribution is 2.35. The van der Waals surface area contributed by atoms with Crippen molar-refractivity contribution >= 4 is 23.2 Å². The molecule has 0 amide bonds. The van der Waals surface area contributed by atoms with Gasteiger partial charge in [-0.05, 0) is 19.2 Å². The van der Waals surface area contributed by atoms with E-state index in [1.807, 2.05) is 0 Å². The molecule has 15 heavy (non-hydrogen) atoms. The lowest BCUT2D eigenvalue weighted by Gasteiger charge is -2.15. The van der Waals surface area contributed by atoms with E-state index in [9.17, 15) is 5.11 Å². The molecule has 0 heterocycles.